The fourth-order valence-electron chi connectivity index (χ4n) is 2.60. The van der Waals surface area contributed by atoms with Gasteiger partial charge in [0, 0.05) is 19.0 Å². The highest BCUT2D eigenvalue weighted by molar-refractivity contribution is 5.76. The number of rotatable bonds is 8. The van der Waals surface area contributed by atoms with Crippen LogP contribution >= 0.6 is 0 Å². The Morgan fingerprint density at radius 1 is 1.20 bits per heavy atom. The van der Waals surface area contributed by atoms with E-state index in [0.717, 1.165) is 36.2 Å². The van der Waals surface area contributed by atoms with Crippen molar-refractivity contribution < 1.29 is 4.39 Å². The van der Waals surface area contributed by atoms with E-state index >= 15 is 0 Å². The molecule has 0 spiro atoms. The molecule has 0 saturated heterocycles. The first-order valence-corrected chi connectivity index (χ1v) is 7.61. The fraction of sp³-hybridized carbons (Fsp3) is 0.562. The standard InChI is InChI=1S/C16H24FN3/c1-2-3-4-5-6-11-20-15-8-7-13(17)12-14(15)19-16(20)9-10-18/h7-8,12H,2-6,9-11,18H2,1H3. The SMILES string of the molecule is CCCCCCCn1c(CCN)nc2cc(F)ccc21. The van der Waals surface area contributed by atoms with Crippen LogP contribution in [0.25, 0.3) is 11.0 Å². The van der Waals surface area contributed by atoms with Crippen molar-refractivity contribution in [2.45, 2.75) is 52.0 Å². The minimum absolute atomic E-state index is 0.232. The van der Waals surface area contributed by atoms with Crippen molar-refractivity contribution in [3.63, 3.8) is 0 Å². The maximum Gasteiger partial charge on any atom is 0.125 e. The summed E-state index contributed by atoms with van der Waals surface area (Å²) in [5.74, 6) is 0.744. The van der Waals surface area contributed by atoms with Crippen molar-refractivity contribution in [1.29, 1.82) is 0 Å². The van der Waals surface area contributed by atoms with Crippen molar-refractivity contribution >= 4 is 11.0 Å². The van der Waals surface area contributed by atoms with E-state index in [-0.39, 0.29) is 5.82 Å². The Balaban J connectivity index is 2.13. The molecule has 2 N–H and O–H groups in total. The molecule has 20 heavy (non-hydrogen) atoms. The molecule has 0 unspecified atom stereocenters. The molecular weight excluding hydrogens is 253 g/mol. The molecule has 1 aromatic heterocycles. The molecular formula is C16H24FN3. The third-order valence-corrected chi connectivity index (χ3v) is 3.64. The minimum atomic E-state index is -0.232. The maximum absolute atomic E-state index is 13.3. The molecule has 2 rings (SSSR count). The zero-order valence-electron chi connectivity index (χ0n) is 12.2. The van der Waals surface area contributed by atoms with Gasteiger partial charge in [-0.15, -0.1) is 0 Å². The van der Waals surface area contributed by atoms with Gasteiger partial charge in [0.25, 0.3) is 0 Å². The van der Waals surface area contributed by atoms with Crippen LogP contribution in [0.4, 0.5) is 4.39 Å². The fourth-order valence-corrected chi connectivity index (χ4v) is 2.60. The Morgan fingerprint density at radius 3 is 2.75 bits per heavy atom. The number of aromatic nitrogens is 2. The first-order chi connectivity index (χ1) is 9.76. The van der Waals surface area contributed by atoms with Crippen LogP contribution in [0.15, 0.2) is 18.2 Å². The highest BCUT2D eigenvalue weighted by atomic mass is 19.1. The van der Waals surface area contributed by atoms with Crippen molar-refractivity contribution in [2.75, 3.05) is 6.54 Å². The van der Waals surface area contributed by atoms with Crippen LogP contribution in [0, 0.1) is 5.82 Å². The number of imidazole rings is 1. The van der Waals surface area contributed by atoms with Gasteiger partial charge >= 0.3 is 0 Å². The van der Waals surface area contributed by atoms with E-state index in [0.29, 0.717) is 6.54 Å². The molecule has 0 saturated carbocycles. The van der Waals surface area contributed by atoms with Crippen LogP contribution < -0.4 is 5.73 Å². The lowest BCUT2D eigenvalue weighted by atomic mass is 10.1. The number of halogens is 1. The average Bonchev–Trinajstić information content (AvgIpc) is 2.76. The minimum Gasteiger partial charge on any atom is -0.330 e. The summed E-state index contributed by atoms with van der Waals surface area (Å²) in [6, 6.07) is 4.83. The van der Waals surface area contributed by atoms with Gasteiger partial charge in [0.05, 0.1) is 11.0 Å². The first-order valence-electron chi connectivity index (χ1n) is 7.61. The second-order valence-corrected chi connectivity index (χ2v) is 5.27. The van der Waals surface area contributed by atoms with E-state index < -0.39 is 0 Å². The van der Waals surface area contributed by atoms with Gasteiger partial charge in [-0.05, 0) is 25.1 Å². The van der Waals surface area contributed by atoms with E-state index in [1.807, 2.05) is 6.07 Å². The number of nitrogens with two attached hydrogens (primary N) is 1. The molecule has 0 bridgehead atoms. The van der Waals surface area contributed by atoms with Crippen LogP contribution in [0.5, 0.6) is 0 Å². The highest BCUT2D eigenvalue weighted by Gasteiger charge is 2.10. The van der Waals surface area contributed by atoms with E-state index in [1.165, 1.54) is 37.8 Å². The van der Waals surface area contributed by atoms with E-state index in [4.69, 9.17) is 5.73 Å². The Bertz CT molecular complexity index is 548. The smallest absolute Gasteiger partial charge is 0.125 e. The summed E-state index contributed by atoms with van der Waals surface area (Å²) < 4.78 is 15.5. The van der Waals surface area contributed by atoms with Crippen LogP contribution in [-0.4, -0.2) is 16.1 Å². The molecule has 3 nitrogen and oxygen atoms in total. The topological polar surface area (TPSA) is 43.8 Å². The summed E-state index contributed by atoms with van der Waals surface area (Å²) in [4.78, 5) is 4.52. The molecule has 0 aliphatic heterocycles. The van der Waals surface area contributed by atoms with Crippen LogP contribution in [0.1, 0.15) is 44.9 Å². The molecule has 0 amide bonds. The zero-order chi connectivity index (χ0) is 14.4. The first kappa shape index (κ1) is 15.0. The van der Waals surface area contributed by atoms with Crippen molar-refractivity contribution in [1.82, 2.24) is 9.55 Å². The van der Waals surface area contributed by atoms with Gasteiger partial charge in [-0.25, -0.2) is 9.37 Å². The van der Waals surface area contributed by atoms with Crippen molar-refractivity contribution in [2.24, 2.45) is 5.73 Å². The third-order valence-electron chi connectivity index (χ3n) is 3.64. The monoisotopic (exact) mass is 277 g/mol. The summed E-state index contributed by atoms with van der Waals surface area (Å²) >= 11 is 0. The van der Waals surface area contributed by atoms with Gasteiger partial charge in [0.15, 0.2) is 0 Å². The maximum atomic E-state index is 13.3. The summed E-state index contributed by atoms with van der Waals surface area (Å²) in [5.41, 5.74) is 7.40. The number of unbranched alkanes of at least 4 members (excludes halogenated alkanes) is 4. The lowest BCUT2D eigenvalue weighted by molar-refractivity contribution is 0.562. The second kappa shape index (κ2) is 7.39. The number of aryl methyl sites for hydroxylation is 1. The summed E-state index contributed by atoms with van der Waals surface area (Å²) in [6.07, 6.45) is 6.95. The quantitative estimate of drug-likeness (QED) is 0.748. The summed E-state index contributed by atoms with van der Waals surface area (Å²) in [5, 5.41) is 0. The second-order valence-electron chi connectivity index (χ2n) is 5.27. The van der Waals surface area contributed by atoms with E-state index in [2.05, 4.69) is 16.5 Å². The number of nitrogens with zero attached hydrogens (tertiary/aromatic N) is 2. The molecule has 2 aromatic rings. The number of fused-ring (bicyclic) bond motifs is 1. The van der Waals surface area contributed by atoms with Gasteiger partial charge < -0.3 is 10.3 Å². The lowest BCUT2D eigenvalue weighted by Crippen LogP contribution is -2.10. The van der Waals surface area contributed by atoms with Crippen molar-refractivity contribution in [3.8, 4) is 0 Å². The van der Waals surface area contributed by atoms with Crippen LogP contribution in [0.3, 0.4) is 0 Å². The lowest BCUT2D eigenvalue weighted by Gasteiger charge is -2.08. The molecule has 110 valence electrons. The Hall–Kier alpha value is -1.42. The van der Waals surface area contributed by atoms with Crippen molar-refractivity contribution in [3.05, 3.63) is 29.8 Å². The Morgan fingerprint density at radius 2 is 2.00 bits per heavy atom. The van der Waals surface area contributed by atoms with Crippen LogP contribution in [-0.2, 0) is 13.0 Å². The molecule has 4 heteroatoms. The average molecular weight is 277 g/mol. The third kappa shape index (κ3) is 3.57. The predicted molar refractivity (Wildman–Crippen MR) is 81.2 cm³/mol. The normalized spacial score (nSPS) is 11.3. The van der Waals surface area contributed by atoms with Gasteiger partial charge in [-0.2, -0.15) is 0 Å². The van der Waals surface area contributed by atoms with Gasteiger partial charge in [0.1, 0.15) is 11.6 Å². The van der Waals surface area contributed by atoms with Crippen LogP contribution in [0.2, 0.25) is 0 Å². The number of hydrogen-bond acceptors (Lipinski definition) is 2. The zero-order valence-corrected chi connectivity index (χ0v) is 12.2. The summed E-state index contributed by atoms with van der Waals surface area (Å²) in [6.45, 7) is 3.74. The Kier molecular flexibility index (Phi) is 5.53. The Labute approximate surface area is 120 Å². The molecule has 0 radical (unpaired) electrons. The van der Waals surface area contributed by atoms with Gasteiger partial charge in [-0.3, -0.25) is 0 Å². The molecule has 1 aromatic carbocycles. The number of hydrogen-bond donors (Lipinski definition) is 1. The summed E-state index contributed by atoms with van der Waals surface area (Å²) in [7, 11) is 0. The molecule has 0 aliphatic carbocycles. The molecule has 0 atom stereocenters. The van der Waals surface area contributed by atoms with E-state index in [1.54, 1.807) is 0 Å². The predicted octanol–water partition coefficient (Wildman–Crippen LogP) is 3.65. The molecule has 0 fully saturated rings. The van der Waals surface area contributed by atoms with Gasteiger partial charge in [-0.1, -0.05) is 32.6 Å². The molecule has 1 heterocycles. The van der Waals surface area contributed by atoms with Gasteiger partial charge in [0.2, 0.25) is 0 Å². The van der Waals surface area contributed by atoms with E-state index in [9.17, 15) is 4.39 Å². The largest absolute Gasteiger partial charge is 0.330 e. The molecule has 0 aliphatic rings. The number of benzene rings is 1. The highest BCUT2D eigenvalue weighted by Crippen LogP contribution is 2.19.